The summed E-state index contributed by atoms with van der Waals surface area (Å²) in [6, 6.07) is 11.0. The molecule has 27 heavy (non-hydrogen) atoms. The fraction of sp³-hybridized carbons (Fsp3) is 0.0556. The number of fused-ring (bicyclic) bond motifs is 2. The minimum absolute atomic E-state index is 0.0883. The highest BCUT2D eigenvalue weighted by Gasteiger charge is 2.18. The van der Waals surface area contributed by atoms with E-state index >= 15 is 0 Å². The van der Waals surface area contributed by atoms with Crippen LogP contribution in [0.5, 0.6) is 11.5 Å². The molecule has 0 atom stereocenters. The number of carbonyl (C=O) groups excluding carboxylic acids is 2. The predicted octanol–water partition coefficient (Wildman–Crippen LogP) is 2.36. The molecular formula is C18H11BrN2O6. The van der Waals surface area contributed by atoms with Crippen LogP contribution in [0.25, 0.3) is 11.0 Å². The van der Waals surface area contributed by atoms with E-state index in [1.807, 2.05) is 0 Å². The van der Waals surface area contributed by atoms with E-state index < -0.39 is 17.4 Å². The molecule has 2 heterocycles. The summed E-state index contributed by atoms with van der Waals surface area (Å²) < 4.78 is 16.3. The second kappa shape index (κ2) is 6.76. The van der Waals surface area contributed by atoms with Gasteiger partial charge >= 0.3 is 5.63 Å². The molecule has 136 valence electrons. The molecule has 0 aliphatic carbocycles. The van der Waals surface area contributed by atoms with Crippen molar-refractivity contribution in [3.63, 3.8) is 0 Å². The van der Waals surface area contributed by atoms with E-state index in [9.17, 15) is 14.4 Å². The van der Waals surface area contributed by atoms with Gasteiger partial charge in [0.05, 0.1) is 0 Å². The maximum Gasteiger partial charge on any atom is 0.349 e. The molecule has 3 aromatic rings. The average molecular weight is 431 g/mol. The van der Waals surface area contributed by atoms with Crippen molar-refractivity contribution in [2.75, 3.05) is 6.79 Å². The number of carbonyl (C=O) groups is 2. The molecule has 0 fully saturated rings. The van der Waals surface area contributed by atoms with Crippen LogP contribution in [0.2, 0.25) is 0 Å². The molecule has 1 aromatic heterocycles. The van der Waals surface area contributed by atoms with E-state index in [0.29, 0.717) is 22.5 Å². The number of halogens is 1. The van der Waals surface area contributed by atoms with Gasteiger partial charge in [0.15, 0.2) is 11.5 Å². The Morgan fingerprint density at radius 3 is 2.56 bits per heavy atom. The van der Waals surface area contributed by atoms with Gasteiger partial charge in [-0.1, -0.05) is 15.9 Å². The van der Waals surface area contributed by atoms with Gasteiger partial charge in [0, 0.05) is 15.4 Å². The van der Waals surface area contributed by atoms with Gasteiger partial charge in [0.1, 0.15) is 11.1 Å². The third kappa shape index (κ3) is 3.36. The van der Waals surface area contributed by atoms with Crippen LogP contribution in [0.3, 0.4) is 0 Å². The van der Waals surface area contributed by atoms with Gasteiger partial charge < -0.3 is 13.9 Å². The van der Waals surface area contributed by atoms with Crippen LogP contribution < -0.4 is 26.0 Å². The lowest BCUT2D eigenvalue weighted by Gasteiger charge is -2.08. The molecule has 1 aliphatic rings. The number of amides is 2. The highest BCUT2D eigenvalue weighted by molar-refractivity contribution is 9.10. The molecule has 9 heteroatoms. The topological polar surface area (TPSA) is 107 Å². The number of ether oxygens (including phenoxy) is 2. The van der Waals surface area contributed by atoms with Crippen LogP contribution in [-0.2, 0) is 0 Å². The van der Waals surface area contributed by atoms with E-state index in [1.165, 1.54) is 18.2 Å². The zero-order valence-electron chi connectivity index (χ0n) is 13.6. The second-order valence-electron chi connectivity index (χ2n) is 5.61. The fourth-order valence-electron chi connectivity index (χ4n) is 2.54. The zero-order chi connectivity index (χ0) is 19.0. The first-order valence-corrected chi connectivity index (χ1v) is 8.54. The Balaban J connectivity index is 1.50. The van der Waals surface area contributed by atoms with E-state index in [4.69, 9.17) is 13.9 Å². The second-order valence-corrected chi connectivity index (χ2v) is 6.52. The largest absolute Gasteiger partial charge is 0.454 e. The molecule has 1 aliphatic heterocycles. The first-order chi connectivity index (χ1) is 13.0. The Morgan fingerprint density at radius 1 is 0.926 bits per heavy atom. The maximum absolute atomic E-state index is 12.3. The van der Waals surface area contributed by atoms with Crippen molar-refractivity contribution in [2.45, 2.75) is 0 Å². The number of rotatable bonds is 2. The molecular weight excluding hydrogens is 420 g/mol. The number of hydrogen-bond acceptors (Lipinski definition) is 6. The summed E-state index contributed by atoms with van der Waals surface area (Å²) in [6.07, 6.45) is 0. The Labute approximate surface area is 160 Å². The molecule has 2 aromatic carbocycles. The van der Waals surface area contributed by atoms with Crippen molar-refractivity contribution < 1.29 is 23.5 Å². The van der Waals surface area contributed by atoms with Crippen LogP contribution in [0.15, 0.2) is 56.1 Å². The standard InChI is InChI=1S/C18H11BrN2O6/c19-11-2-4-13-10(5-11)6-12(18(24)27-13)17(23)21-20-16(22)9-1-3-14-15(7-9)26-8-25-14/h1-7H,8H2,(H,20,22)(H,21,23). The van der Waals surface area contributed by atoms with Gasteiger partial charge in [0.25, 0.3) is 11.8 Å². The quantitative estimate of drug-likeness (QED) is 0.477. The SMILES string of the molecule is O=C(NNC(=O)c1cc2cc(Br)ccc2oc1=O)c1ccc2c(c1)OCO2. The highest BCUT2D eigenvalue weighted by atomic mass is 79.9. The van der Waals surface area contributed by atoms with Crippen molar-refractivity contribution >= 4 is 38.7 Å². The Kier molecular flexibility index (Phi) is 4.28. The first-order valence-electron chi connectivity index (χ1n) is 7.75. The molecule has 0 radical (unpaired) electrons. The third-order valence-electron chi connectivity index (χ3n) is 3.86. The Hall–Kier alpha value is -3.33. The van der Waals surface area contributed by atoms with Crippen molar-refractivity contribution in [1.29, 1.82) is 0 Å². The molecule has 0 spiro atoms. The number of hydrogen-bond donors (Lipinski definition) is 2. The average Bonchev–Trinajstić information content (AvgIpc) is 3.13. The smallest absolute Gasteiger partial charge is 0.349 e. The van der Waals surface area contributed by atoms with Crippen LogP contribution >= 0.6 is 15.9 Å². The molecule has 0 saturated carbocycles. The van der Waals surface area contributed by atoms with Crippen molar-refractivity contribution in [3.05, 3.63) is 68.5 Å². The lowest BCUT2D eigenvalue weighted by atomic mass is 10.2. The van der Waals surface area contributed by atoms with E-state index in [-0.39, 0.29) is 17.9 Å². The van der Waals surface area contributed by atoms with Crippen LogP contribution in [0.1, 0.15) is 20.7 Å². The number of benzene rings is 2. The Morgan fingerprint density at radius 2 is 1.70 bits per heavy atom. The van der Waals surface area contributed by atoms with Gasteiger partial charge in [0.2, 0.25) is 6.79 Å². The van der Waals surface area contributed by atoms with E-state index in [0.717, 1.165) is 4.47 Å². The number of nitrogens with one attached hydrogen (secondary N) is 2. The third-order valence-corrected chi connectivity index (χ3v) is 4.36. The molecule has 8 nitrogen and oxygen atoms in total. The lowest BCUT2D eigenvalue weighted by molar-refractivity contribution is 0.0844. The summed E-state index contributed by atoms with van der Waals surface area (Å²) in [5, 5.41) is 0.566. The van der Waals surface area contributed by atoms with Crippen LogP contribution in [0, 0.1) is 0 Å². The summed E-state index contributed by atoms with van der Waals surface area (Å²) in [5.41, 5.74) is 4.03. The molecule has 0 bridgehead atoms. The minimum atomic E-state index is -0.806. The number of hydrazine groups is 1. The van der Waals surface area contributed by atoms with Gasteiger partial charge in [-0.3, -0.25) is 20.4 Å². The first kappa shape index (κ1) is 17.1. The fourth-order valence-corrected chi connectivity index (χ4v) is 2.92. The van der Waals surface area contributed by atoms with Gasteiger partial charge in [-0.05, 0) is 42.5 Å². The van der Waals surface area contributed by atoms with Gasteiger partial charge in [-0.25, -0.2) is 4.79 Å². The molecule has 2 amide bonds. The zero-order valence-corrected chi connectivity index (χ0v) is 15.2. The van der Waals surface area contributed by atoms with Crippen molar-refractivity contribution in [3.8, 4) is 11.5 Å². The lowest BCUT2D eigenvalue weighted by Crippen LogP contribution is -2.43. The summed E-state index contributed by atoms with van der Waals surface area (Å²) in [6.45, 7) is 0.0883. The molecule has 0 unspecified atom stereocenters. The predicted molar refractivity (Wildman–Crippen MR) is 97.7 cm³/mol. The monoisotopic (exact) mass is 430 g/mol. The maximum atomic E-state index is 12.3. The van der Waals surface area contributed by atoms with E-state index in [2.05, 4.69) is 26.8 Å². The summed E-state index contributed by atoms with van der Waals surface area (Å²) in [4.78, 5) is 36.5. The summed E-state index contributed by atoms with van der Waals surface area (Å²) in [7, 11) is 0. The van der Waals surface area contributed by atoms with E-state index in [1.54, 1.807) is 24.3 Å². The minimum Gasteiger partial charge on any atom is -0.454 e. The summed E-state index contributed by atoms with van der Waals surface area (Å²) >= 11 is 3.31. The van der Waals surface area contributed by atoms with Crippen LogP contribution in [0.4, 0.5) is 0 Å². The van der Waals surface area contributed by atoms with Crippen molar-refractivity contribution in [1.82, 2.24) is 10.9 Å². The van der Waals surface area contributed by atoms with Crippen LogP contribution in [-0.4, -0.2) is 18.6 Å². The van der Waals surface area contributed by atoms with Gasteiger partial charge in [-0.15, -0.1) is 0 Å². The Bertz CT molecular complexity index is 1140. The normalized spacial score (nSPS) is 12.0. The highest BCUT2D eigenvalue weighted by Crippen LogP contribution is 2.32. The molecule has 4 rings (SSSR count). The molecule has 0 saturated heterocycles. The summed E-state index contributed by atoms with van der Waals surface area (Å²) in [5.74, 6) is -0.389. The molecule has 2 N–H and O–H groups in total. The van der Waals surface area contributed by atoms with Crippen molar-refractivity contribution in [2.24, 2.45) is 0 Å². The van der Waals surface area contributed by atoms with Gasteiger partial charge in [-0.2, -0.15) is 0 Å².